The normalized spacial score (nSPS) is 21.6. The first-order valence-corrected chi connectivity index (χ1v) is 10.9. The molecule has 2 aliphatic rings. The molecule has 32 heavy (non-hydrogen) atoms. The molecule has 0 radical (unpaired) electrons. The van der Waals surface area contributed by atoms with E-state index in [2.05, 4.69) is 20.7 Å². The minimum Gasteiger partial charge on any atom is -0.368 e. The van der Waals surface area contributed by atoms with Crippen molar-refractivity contribution < 1.29 is 18.0 Å². The van der Waals surface area contributed by atoms with Gasteiger partial charge in [0.25, 0.3) is 5.91 Å². The number of rotatable bonds is 5. The number of nitrogens with one attached hydrogen (secondary N) is 2. The second-order valence-corrected chi connectivity index (χ2v) is 8.77. The molecule has 7 nitrogen and oxygen atoms in total. The summed E-state index contributed by atoms with van der Waals surface area (Å²) in [7, 11) is 1.87. The van der Waals surface area contributed by atoms with Crippen LogP contribution in [-0.2, 0) is 13.2 Å². The van der Waals surface area contributed by atoms with Crippen molar-refractivity contribution >= 4 is 17.4 Å². The Morgan fingerprint density at radius 1 is 1.09 bits per heavy atom. The summed E-state index contributed by atoms with van der Waals surface area (Å²) in [4.78, 5) is 16.5. The number of pyridine rings is 1. The maximum atomic E-state index is 13.0. The van der Waals surface area contributed by atoms with Crippen molar-refractivity contribution in [1.29, 1.82) is 0 Å². The fraction of sp³-hybridized carbons (Fsp3) is 0.500. The monoisotopic (exact) mass is 446 g/mol. The van der Waals surface area contributed by atoms with Crippen LogP contribution in [0.2, 0.25) is 0 Å². The molecule has 2 saturated carbocycles. The Labute approximate surface area is 183 Å². The fourth-order valence-corrected chi connectivity index (χ4v) is 4.58. The van der Waals surface area contributed by atoms with Crippen LogP contribution in [0.5, 0.6) is 0 Å². The van der Waals surface area contributed by atoms with Crippen molar-refractivity contribution in [3.05, 3.63) is 47.5 Å². The van der Waals surface area contributed by atoms with Gasteiger partial charge in [-0.15, -0.1) is 0 Å². The van der Waals surface area contributed by atoms with Gasteiger partial charge in [-0.2, -0.15) is 18.3 Å². The van der Waals surface area contributed by atoms with E-state index < -0.39 is 11.9 Å². The highest BCUT2D eigenvalue weighted by Gasteiger charge is 2.35. The Morgan fingerprint density at radius 2 is 1.81 bits per heavy atom. The fourth-order valence-electron chi connectivity index (χ4n) is 4.58. The Kier molecular flexibility index (Phi) is 5.10. The number of anilines is 1. The average Bonchev–Trinajstić information content (AvgIpc) is 3.34. The number of fused-ring (bicyclic) bond motifs is 1. The van der Waals surface area contributed by atoms with Gasteiger partial charge in [-0.25, -0.2) is 4.98 Å². The van der Waals surface area contributed by atoms with Gasteiger partial charge in [0.05, 0.1) is 17.5 Å². The highest BCUT2D eigenvalue weighted by atomic mass is 19.4. The van der Waals surface area contributed by atoms with Gasteiger partial charge in [-0.1, -0.05) is 6.07 Å². The van der Waals surface area contributed by atoms with Crippen LogP contribution in [0.4, 0.5) is 19.0 Å². The summed E-state index contributed by atoms with van der Waals surface area (Å²) in [5.41, 5.74) is 1.04. The van der Waals surface area contributed by atoms with Crippen LogP contribution >= 0.6 is 0 Å². The predicted molar refractivity (Wildman–Crippen MR) is 113 cm³/mol. The largest absolute Gasteiger partial charge is 0.434 e. The Hall–Kier alpha value is -3.04. The van der Waals surface area contributed by atoms with E-state index in [4.69, 9.17) is 0 Å². The smallest absolute Gasteiger partial charge is 0.368 e. The summed E-state index contributed by atoms with van der Waals surface area (Å²) < 4.78 is 42.3. The van der Waals surface area contributed by atoms with Gasteiger partial charge < -0.3 is 10.6 Å². The van der Waals surface area contributed by atoms with Gasteiger partial charge in [0.1, 0.15) is 11.5 Å². The number of nitrogens with zero attached hydrogens (tertiary/aromatic N) is 4. The molecule has 10 heteroatoms. The van der Waals surface area contributed by atoms with E-state index in [1.807, 2.05) is 7.05 Å². The summed E-state index contributed by atoms with van der Waals surface area (Å²) in [5.74, 6) is 0.952. The van der Waals surface area contributed by atoms with Gasteiger partial charge >= 0.3 is 6.18 Å². The number of hydrogen-bond donors (Lipinski definition) is 2. The van der Waals surface area contributed by atoms with Crippen LogP contribution in [0.3, 0.4) is 0 Å². The first-order chi connectivity index (χ1) is 15.3. The zero-order valence-corrected chi connectivity index (χ0v) is 17.7. The summed E-state index contributed by atoms with van der Waals surface area (Å²) in [5, 5.41) is 10.8. The quantitative estimate of drug-likeness (QED) is 0.618. The highest BCUT2D eigenvalue weighted by molar-refractivity contribution is 5.95. The molecule has 0 spiro atoms. The van der Waals surface area contributed by atoms with E-state index in [-0.39, 0.29) is 23.6 Å². The maximum absolute atomic E-state index is 13.0. The zero-order valence-electron chi connectivity index (χ0n) is 17.7. The number of halogens is 3. The van der Waals surface area contributed by atoms with Gasteiger partial charge in [0, 0.05) is 31.2 Å². The van der Waals surface area contributed by atoms with Crippen molar-refractivity contribution in [2.24, 2.45) is 7.05 Å². The summed E-state index contributed by atoms with van der Waals surface area (Å²) in [6.45, 7) is 0. The van der Waals surface area contributed by atoms with Gasteiger partial charge in [-0.3, -0.25) is 13.9 Å². The van der Waals surface area contributed by atoms with Gasteiger partial charge in [0.15, 0.2) is 5.69 Å². The number of carbonyl (C=O) groups excluding carboxylic acids is 1. The number of aromatic nitrogens is 4. The molecule has 2 aliphatic carbocycles. The molecule has 5 rings (SSSR count). The summed E-state index contributed by atoms with van der Waals surface area (Å²) >= 11 is 0. The number of imidazole rings is 1. The highest BCUT2D eigenvalue weighted by Crippen LogP contribution is 2.41. The molecule has 0 unspecified atom stereocenters. The van der Waals surface area contributed by atoms with Crippen LogP contribution in [0, 0.1) is 0 Å². The molecular weight excluding hydrogens is 421 g/mol. The lowest BCUT2D eigenvalue weighted by atomic mass is 9.91. The molecule has 0 aromatic carbocycles. The number of carbonyl (C=O) groups is 1. The van der Waals surface area contributed by atoms with Crippen molar-refractivity contribution in [3.8, 4) is 0 Å². The topological polar surface area (TPSA) is 76.2 Å². The molecule has 2 N–H and O–H groups in total. The van der Waals surface area contributed by atoms with E-state index in [0.29, 0.717) is 17.3 Å². The third-order valence-corrected chi connectivity index (χ3v) is 6.39. The molecule has 2 fully saturated rings. The van der Waals surface area contributed by atoms with Crippen molar-refractivity contribution in [2.45, 2.75) is 62.7 Å². The van der Waals surface area contributed by atoms with E-state index in [1.54, 1.807) is 29.1 Å². The SMILES string of the molecule is Cn1ncc(C(=O)N[C@H]2CC[C@@H](Nc3cccc4nc(C(F)(F)F)cn34)CC2)c1C1CC1. The molecule has 0 bridgehead atoms. The molecule has 3 aromatic rings. The number of hydrogen-bond acceptors (Lipinski definition) is 4. The minimum absolute atomic E-state index is 0.0701. The van der Waals surface area contributed by atoms with Gasteiger partial charge in [-0.05, 0) is 50.7 Å². The number of aryl methyl sites for hydroxylation is 1. The molecule has 0 saturated heterocycles. The molecular formula is C22H25F3N6O. The first kappa shape index (κ1) is 20.8. The predicted octanol–water partition coefficient (Wildman–Crippen LogP) is 4.12. The first-order valence-electron chi connectivity index (χ1n) is 10.9. The number of amides is 1. The second kappa shape index (κ2) is 7.83. The van der Waals surface area contributed by atoms with Crippen LogP contribution in [0.25, 0.3) is 5.65 Å². The molecule has 0 aliphatic heterocycles. The zero-order chi connectivity index (χ0) is 22.5. The Balaban J connectivity index is 1.20. The Morgan fingerprint density at radius 3 is 2.50 bits per heavy atom. The summed E-state index contributed by atoms with van der Waals surface area (Å²) in [6.07, 6.45) is 3.62. The van der Waals surface area contributed by atoms with E-state index >= 15 is 0 Å². The van der Waals surface area contributed by atoms with Crippen LogP contribution in [0.15, 0.2) is 30.6 Å². The van der Waals surface area contributed by atoms with Gasteiger partial charge in [0.2, 0.25) is 0 Å². The molecule has 3 heterocycles. The minimum atomic E-state index is -4.48. The van der Waals surface area contributed by atoms with Crippen molar-refractivity contribution in [3.63, 3.8) is 0 Å². The molecule has 1 amide bonds. The third kappa shape index (κ3) is 4.05. The van der Waals surface area contributed by atoms with Crippen LogP contribution < -0.4 is 10.6 Å². The van der Waals surface area contributed by atoms with E-state index in [0.717, 1.165) is 50.4 Å². The van der Waals surface area contributed by atoms with Crippen molar-refractivity contribution in [1.82, 2.24) is 24.5 Å². The molecule has 0 atom stereocenters. The number of alkyl halides is 3. The van der Waals surface area contributed by atoms with Crippen LogP contribution in [-0.4, -0.2) is 37.2 Å². The van der Waals surface area contributed by atoms with Crippen molar-refractivity contribution in [2.75, 3.05) is 5.32 Å². The van der Waals surface area contributed by atoms with E-state index in [9.17, 15) is 18.0 Å². The Bertz CT molecular complexity index is 1140. The standard InChI is InChI=1S/C22H25F3N6O/c1-30-20(13-5-6-13)16(11-26-30)21(32)28-15-9-7-14(8-10-15)27-18-3-2-4-19-29-17(12-31(18)19)22(23,24)25/h2-4,11-15,27H,5-10H2,1H3,(H,28,32)/t14-,15+. The lowest BCUT2D eigenvalue weighted by Gasteiger charge is -2.30. The molecule has 170 valence electrons. The van der Waals surface area contributed by atoms with Crippen LogP contribution in [0.1, 0.15) is 66.2 Å². The average molecular weight is 446 g/mol. The second-order valence-electron chi connectivity index (χ2n) is 8.77. The lowest BCUT2D eigenvalue weighted by molar-refractivity contribution is -0.140. The lowest BCUT2D eigenvalue weighted by Crippen LogP contribution is -2.40. The molecule has 3 aromatic heterocycles. The summed E-state index contributed by atoms with van der Waals surface area (Å²) in [6, 6.07) is 5.20. The third-order valence-electron chi connectivity index (χ3n) is 6.39. The van der Waals surface area contributed by atoms with E-state index in [1.165, 1.54) is 4.40 Å². The maximum Gasteiger partial charge on any atom is 0.434 e.